The predicted molar refractivity (Wildman–Crippen MR) is 75.4 cm³/mol. The van der Waals surface area contributed by atoms with Crippen LogP contribution in [0, 0.1) is 0 Å². The molecular weight excluding hydrogens is 248 g/mol. The number of ether oxygens (including phenoxy) is 1. The number of Topliss-reactive ketones (excluding diaryl/α,β-unsaturated/α-hetero) is 1. The fourth-order valence-corrected chi connectivity index (χ4v) is 1.94. The third-order valence-electron chi connectivity index (χ3n) is 2.82. The van der Waals surface area contributed by atoms with Crippen molar-refractivity contribution in [3.63, 3.8) is 0 Å². The Bertz CT molecular complexity index is 359. The van der Waals surface area contributed by atoms with Gasteiger partial charge in [-0.15, -0.1) is 11.6 Å². The maximum Gasteiger partial charge on any atom is 0.154 e. The molecule has 3 heteroatoms. The maximum absolute atomic E-state index is 11.5. The summed E-state index contributed by atoms with van der Waals surface area (Å²) in [5.74, 6) is 0.885. The normalized spacial score (nSPS) is 12.2. The first-order valence-corrected chi connectivity index (χ1v) is 7.02. The minimum Gasteiger partial charge on any atom is -0.494 e. The number of halogens is 1. The Morgan fingerprint density at radius 1 is 1.22 bits per heavy atom. The molecule has 0 aromatic heterocycles. The Hall–Kier alpha value is -1.02. The fraction of sp³-hybridized carbons (Fsp3) is 0.533. The molecule has 0 aliphatic rings. The fourth-order valence-electron chi connectivity index (χ4n) is 1.64. The molecule has 1 unspecified atom stereocenters. The lowest BCUT2D eigenvalue weighted by atomic mass is 10.1. The lowest BCUT2D eigenvalue weighted by Crippen LogP contribution is -2.05. The van der Waals surface area contributed by atoms with E-state index in [-0.39, 0.29) is 5.78 Å². The summed E-state index contributed by atoms with van der Waals surface area (Å²) in [7, 11) is 0. The molecule has 1 rings (SSSR count). The van der Waals surface area contributed by atoms with Crippen molar-refractivity contribution in [1.82, 2.24) is 0 Å². The number of carbonyl (C=O) groups is 1. The summed E-state index contributed by atoms with van der Waals surface area (Å²) < 4.78 is 5.60. The van der Waals surface area contributed by atoms with Crippen molar-refractivity contribution in [2.75, 3.05) is 6.61 Å². The average molecular weight is 269 g/mol. The van der Waals surface area contributed by atoms with Crippen LogP contribution in [0.5, 0.6) is 5.75 Å². The molecule has 0 saturated carbocycles. The zero-order valence-electron chi connectivity index (χ0n) is 11.1. The van der Waals surface area contributed by atoms with Crippen LogP contribution >= 0.6 is 11.6 Å². The van der Waals surface area contributed by atoms with Gasteiger partial charge in [-0.3, -0.25) is 4.79 Å². The first-order valence-electron chi connectivity index (χ1n) is 6.58. The van der Waals surface area contributed by atoms with Gasteiger partial charge in [-0.1, -0.05) is 38.8 Å². The Kier molecular flexibility index (Phi) is 6.81. The van der Waals surface area contributed by atoms with E-state index in [1.807, 2.05) is 31.2 Å². The van der Waals surface area contributed by atoms with Gasteiger partial charge in [0, 0.05) is 6.42 Å². The summed E-state index contributed by atoms with van der Waals surface area (Å²) >= 11 is 6.06. The van der Waals surface area contributed by atoms with Gasteiger partial charge in [-0.2, -0.15) is 0 Å². The molecule has 0 heterocycles. The second-order valence-corrected chi connectivity index (χ2v) is 4.74. The summed E-state index contributed by atoms with van der Waals surface area (Å²) in [5, 5.41) is -0.538. The van der Waals surface area contributed by atoms with Crippen LogP contribution in [-0.4, -0.2) is 12.4 Å². The smallest absolute Gasteiger partial charge is 0.154 e. The predicted octanol–water partition coefficient (Wildman–Crippen LogP) is 4.51. The molecule has 18 heavy (non-hydrogen) atoms. The number of unbranched alkanes of at least 4 members (excludes halogenated alkanes) is 2. The highest BCUT2D eigenvalue weighted by Gasteiger charge is 2.15. The van der Waals surface area contributed by atoms with Gasteiger partial charge in [0.25, 0.3) is 0 Å². The van der Waals surface area contributed by atoms with Gasteiger partial charge in [0.05, 0.1) is 6.61 Å². The third kappa shape index (κ3) is 4.69. The van der Waals surface area contributed by atoms with E-state index >= 15 is 0 Å². The van der Waals surface area contributed by atoms with Crippen molar-refractivity contribution in [1.29, 1.82) is 0 Å². The Morgan fingerprint density at radius 3 is 2.44 bits per heavy atom. The van der Waals surface area contributed by atoms with Crippen LogP contribution < -0.4 is 4.74 Å². The zero-order chi connectivity index (χ0) is 13.4. The summed E-state index contributed by atoms with van der Waals surface area (Å²) in [4.78, 5) is 11.5. The largest absolute Gasteiger partial charge is 0.494 e. The SMILES string of the molecule is CCCCCOc1ccc(C(Cl)C(=O)CC)cc1. The van der Waals surface area contributed by atoms with Gasteiger partial charge in [-0.05, 0) is 24.1 Å². The van der Waals surface area contributed by atoms with Crippen molar-refractivity contribution in [3.05, 3.63) is 29.8 Å². The van der Waals surface area contributed by atoms with Gasteiger partial charge in [0.15, 0.2) is 5.78 Å². The van der Waals surface area contributed by atoms with Crippen molar-refractivity contribution in [2.45, 2.75) is 44.9 Å². The molecule has 0 radical (unpaired) electrons. The third-order valence-corrected chi connectivity index (χ3v) is 3.32. The number of alkyl halides is 1. The summed E-state index contributed by atoms with van der Waals surface area (Å²) in [6.07, 6.45) is 3.91. The molecule has 1 aromatic carbocycles. The molecular formula is C15H21ClO2. The second kappa shape index (κ2) is 8.15. The summed E-state index contributed by atoms with van der Waals surface area (Å²) in [6.45, 7) is 4.73. The van der Waals surface area contributed by atoms with E-state index in [1.54, 1.807) is 0 Å². The van der Waals surface area contributed by atoms with E-state index in [4.69, 9.17) is 16.3 Å². The molecule has 0 aliphatic carbocycles. The molecule has 1 atom stereocenters. The van der Waals surface area contributed by atoms with Gasteiger partial charge in [0.1, 0.15) is 11.1 Å². The van der Waals surface area contributed by atoms with Crippen LogP contribution in [0.3, 0.4) is 0 Å². The maximum atomic E-state index is 11.5. The summed E-state index contributed by atoms with van der Waals surface area (Å²) in [5.41, 5.74) is 0.837. The number of ketones is 1. The first-order chi connectivity index (χ1) is 8.69. The van der Waals surface area contributed by atoms with Crippen LogP contribution in [0.1, 0.15) is 50.5 Å². The lowest BCUT2D eigenvalue weighted by Gasteiger charge is -2.09. The Labute approximate surface area is 114 Å². The molecule has 100 valence electrons. The second-order valence-electron chi connectivity index (χ2n) is 4.31. The van der Waals surface area contributed by atoms with E-state index in [2.05, 4.69) is 6.92 Å². The quantitative estimate of drug-likeness (QED) is 0.512. The molecule has 0 fully saturated rings. The number of hydrogen-bond donors (Lipinski definition) is 0. The molecule has 0 aliphatic heterocycles. The first kappa shape index (κ1) is 15.0. The molecule has 0 N–H and O–H groups in total. The van der Waals surface area contributed by atoms with Crippen molar-refractivity contribution in [2.24, 2.45) is 0 Å². The highest BCUT2D eigenvalue weighted by molar-refractivity contribution is 6.31. The molecule has 1 aromatic rings. The van der Waals surface area contributed by atoms with Gasteiger partial charge in [0.2, 0.25) is 0 Å². The lowest BCUT2D eigenvalue weighted by molar-refractivity contribution is -0.118. The highest BCUT2D eigenvalue weighted by atomic mass is 35.5. The van der Waals surface area contributed by atoms with E-state index in [1.165, 1.54) is 12.8 Å². The molecule has 0 saturated heterocycles. The number of hydrogen-bond acceptors (Lipinski definition) is 2. The minimum absolute atomic E-state index is 0.0493. The van der Waals surface area contributed by atoms with Crippen molar-refractivity contribution < 1.29 is 9.53 Å². The van der Waals surface area contributed by atoms with E-state index in [0.717, 1.165) is 24.3 Å². The molecule has 0 amide bonds. The van der Waals surface area contributed by atoms with Crippen molar-refractivity contribution >= 4 is 17.4 Å². The van der Waals surface area contributed by atoms with Crippen LogP contribution in [0.25, 0.3) is 0 Å². The standard InChI is InChI=1S/C15H21ClO2/c1-3-5-6-11-18-13-9-7-12(8-10-13)15(16)14(17)4-2/h7-10,15H,3-6,11H2,1-2H3. The molecule has 0 bridgehead atoms. The topological polar surface area (TPSA) is 26.3 Å². The zero-order valence-corrected chi connectivity index (χ0v) is 11.9. The minimum atomic E-state index is -0.538. The van der Waals surface area contributed by atoms with Crippen LogP contribution in [0.15, 0.2) is 24.3 Å². The van der Waals surface area contributed by atoms with Crippen LogP contribution in [0.4, 0.5) is 0 Å². The van der Waals surface area contributed by atoms with Gasteiger partial charge >= 0.3 is 0 Å². The monoisotopic (exact) mass is 268 g/mol. The van der Waals surface area contributed by atoms with Crippen molar-refractivity contribution in [3.8, 4) is 5.75 Å². The average Bonchev–Trinajstić information content (AvgIpc) is 2.42. The number of rotatable bonds is 8. The Balaban J connectivity index is 2.49. The van der Waals surface area contributed by atoms with E-state index in [9.17, 15) is 4.79 Å². The molecule has 2 nitrogen and oxygen atoms in total. The van der Waals surface area contributed by atoms with Gasteiger partial charge in [-0.25, -0.2) is 0 Å². The van der Waals surface area contributed by atoms with Crippen LogP contribution in [-0.2, 0) is 4.79 Å². The highest BCUT2D eigenvalue weighted by Crippen LogP contribution is 2.24. The van der Waals surface area contributed by atoms with E-state index < -0.39 is 5.38 Å². The van der Waals surface area contributed by atoms with E-state index in [0.29, 0.717) is 6.42 Å². The number of carbonyl (C=O) groups excluding carboxylic acids is 1. The Morgan fingerprint density at radius 2 is 1.89 bits per heavy atom. The van der Waals surface area contributed by atoms with Gasteiger partial charge < -0.3 is 4.74 Å². The summed E-state index contributed by atoms with van der Waals surface area (Å²) in [6, 6.07) is 7.47. The number of benzene rings is 1. The molecule has 0 spiro atoms. The van der Waals surface area contributed by atoms with Crippen LogP contribution in [0.2, 0.25) is 0 Å².